The highest BCUT2D eigenvalue weighted by molar-refractivity contribution is 5.82. The highest BCUT2D eigenvalue weighted by Crippen LogP contribution is 2.47. The minimum Gasteiger partial charge on any atom is -0.396 e. The summed E-state index contributed by atoms with van der Waals surface area (Å²) in [6.07, 6.45) is 4.12. The maximum atomic E-state index is 13.3. The van der Waals surface area contributed by atoms with Crippen molar-refractivity contribution in [2.45, 2.75) is 70.2 Å². The molecule has 1 saturated carbocycles. The van der Waals surface area contributed by atoms with Crippen LogP contribution in [0, 0.1) is 24.7 Å². The molecule has 1 saturated heterocycles. The standard InChI is InChI=1S/C31H41N3O4/c1-3-4-5-18-32-19-20-33-30(36)28-27(22-35)29(31(37)16-17-31)38-34(28)21-26-14-12-25(13-15-26)11-10-24-8-6-23(2)7-9-24/h6-9,12-15,27-29,32,35,37H,3-5,16-22H2,1-2H3,(H,33,36). The van der Waals surface area contributed by atoms with Gasteiger partial charge in [0, 0.05) is 30.1 Å². The average Bonchev–Trinajstić information content (AvgIpc) is 3.56. The molecule has 1 heterocycles. The van der Waals surface area contributed by atoms with Gasteiger partial charge in [0.15, 0.2) is 0 Å². The molecule has 4 N–H and O–H groups in total. The number of aliphatic hydroxyl groups is 2. The number of carbonyl (C=O) groups excluding carboxylic acids is 1. The van der Waals surface area contributed by atoms with Crippen LogP contribution >= 0.6 is 0 Å². The van der Waals surface area contributed by atoms with E-state index < -0.39 is 23.7 Å². The summed E-state index contributed by atoms with van der Waals surface area (Å²) >= 11 is 0. The third-order valence-electron chi connectivity index (χ3n) is 7.38. The van der Waals surface area contributed by atoms with Gasteiger partial charge in [-0.3, -0.25) is 9.63 Å². The van der Waals surface area contributed by atoms with Crippen LogP contribution in [-0.2, 0) is 16.2 Å². The van der Waals surface area contributed by atoms with E-state index in [9.17, 15) is 15.0 Å². The molecule has 1 aliphatic heterocycles. The van der Waals surface area contributed by atoms with Crippen molar-refractivity contribution < 1.29 is 19.8 Å². The van der Waals surface area contributed by atoms with Crippen molar-refractivity contribution >= 4 is 5.91 Å². The van der Waals surface area contributed by atoms with Crippen LogP contribution in [0.3, 0.4) is 0 Å². The number of carbonyl (C=O) groups is 1. The molecule has 0 radical (unpaired) electrons. The molecular formula is C31H41N3O4. The lowest BCUT2D eigenvalue weighted by atomic mass is 9.90. The van der Waals surface area contributed by atoms with E-state index >= 15 is 0 Å². The summed E-state index contributed by atoms with van der Waals surface area (Å²) in [6.45, 7) is 6.47. The van der Waals surface area contributed by atoms with E-state index in [0.717, 1.165) is 29.7 Å². The molecule has 7 nitrogen and oxygen atoms in total. The largest absolute Gasteiger partial charge is 0.396 e. The minimum atomic E-state index is -0.975. The molecule has 204 valence electrons. The fourth-order valence-corrected chi connectivity index (χ4v) is 4.89. The lowest BCUT2D eigenvalue weighted by molar-refractivity contribution is -0.199. The number of amides is 1. The Labute approximate surface area is 226 Å². The number of hydrogen-bond donors (Lipinski definition) is 4. The Balaban J connectivity index is 1.39. The second-order valence-electron chi connectivity index (χ2n) is 10.6. The zero-order valence-electron chi connectivity index (χ0n) is 22.6. The number of unbranched alkanes of at least 4 members (excludes halogenated alkanes) is 2. The van der Waals surface area contributed by atoms with Crippen molar-refractivity contribution in [3.8, 4) is 11.8 Å². The van der Waals surface area contributed by atoms with Gasteiger partial charge in [0.1, 0.15) is 12.1 Å². The van der Waals surface area contributed by atoms with Crippen LogP contribution < -0.4 is 10.6 Å². The van der Waals surface area contributed by atoms with Crippen molar-refractivity contribution in [2.24, 2.45) is 5.92 Å². The predicted octanol–water partition coefficient (Wildman–Crippen LogP) is 2.91. The molecule has 2 fully saturated rings. The quantitative estimate of drug-likeness (QED) is 0.255. The van der Waals surface area contributed by atoms with Gasteiger partial charge < -0.3 is 20.8 Å². The van der Waals surface area contributed by atoms with Gasteiger partial charge in [0.2, 0.25) is 5.91 Å². The van der Waals surface area contributed by atoms with Crippen LogP contribution in [0.2, 0.25) is 0 Å². The summed E-state index contributed by atoms with van der Waals surface area (Å²) in [5.41, 5.74) is 3.05. The van der Waals surface area contributed by atoms with Gasteiger partial charge in [-0.05, 0) is 62.6 Å². The van der Waals surface area contributed by atoms with Crippen LogP contribution in [0.5, 0.6) is 0 Å². The van der Waals surface area contributed by atoms with E-state index in [4.69, 9.17) is 4.84 Å². The van der Waals surface area contributed by atoms with Gasteiger partial charge in [0.25, 0.3) is 0 Å². The lowest BCUT2D eigenvalue weighted by Crippen LogP contribution is -2.49. The maximum Gasteiger partial charge on any atom is 0.240 e. The summed E-state index contributed by atoms with van der Waals surface area (Å²) in [7, 11) is 0. The number of aryl methyl sites for hydroxylation is 1. The lowest BCUT2D eigenvalue weighted by Gasteiger charge is -2.24. The van der Waals surface area contributed by atoms with Gasteiger partial charge in [-0.15, -0.1) is 0 Å². The van der Waals surface area contributed by atoms with E-state index in [2.05, 4.69) is 36.3 Å². The molecule has 38 heavy (non-hydrogen) atoms. The Morgan fingerprint density at radius 1 is 1.03 bits per heavy atom. The van der Waals surface area contributed by atoms with Gasteiger partial charge >= 0.3 is 0 Å². The molecule has 0 bridgehead atoms. The highest BCUT2D eigenvalue weighted by atomic mass is 16.7. The molecule has 3 atom stereocenters. The first-order valence-electron chi connectivity index (χ1n) is 13.9. The zero-order chi connectivity index (χ0) is 27.0. The third-order valence-corrected chi connectivity index (χ3v) is 7.38. The molecule has 1 aliphatic carbocycles. The fourth-order valence-electron chi connectivity index (χ4n) is 4.89. The summed E-state index contributed by atoms with van der Waals surface area (Å²) < 4.78 is 0. The zero-order valence-corrected chi connectivity index (χ0v) is 22.6. The van der Waals surface area contributed by atoms with Crippen molar-refractivity contribution in [1.82, 2.24) is 15.7 Å². The number of aliphatic hydroxyl groups excluding tert-OH is 1. The summed E-state index contributed by atoms with van der Waals surface area (Å²) in [5.74, 6) is 5.69. The minimum absolute atomic E-state index is 0.188. The number of nitrogens with one attached hydrogen (secondary N) is 2. The second-order valence-corrected chi connectivity index (χ2v) is 10.6. The first-order chi connectivity index (χ1) is 18.4. The number of hydrogen-bond acceptors (Lipinski definition) is 6. The van der Waals surface area contributed by atoms with Gasteiger partial charge in [-0.1, -0.05) is 61.4 Å². The van der Waals surface area contributed by atoms with E-state index in [1.807, 2.05) is 48.5 Å². The van der Waals surface area contributed by atoms with Crippen LogP contribution in [0.25, 0.3) is 0 Å². The van der Waals surface area contributed by atoms with Gasteiger partial charge in [-0.2, -0.15) is 5.06 Å². The van der Waals surface area contributed by atoms with Crippen LogP contribution in [0.1, 0.15) is 61.3 Å². The predicted molar refractivity (Wildman–Crippen MR) is 148 cm³/mol. The second kappa shape index (κ2) is 13.4. The first kappa shape index (κ1) is 28.3. The van der Waals surface area contributed by atoms with Crippen molar-refractivity contribution in [3.63, 3.8) is 0 Å². The summed E-state index contributed by atoms with van der Waals surface area (Å²) in [4.78, 5) is 19.4. The molecular weight excluding hydrogens is 478 g/mol. The monoisotopic (exact) mass is 519 g/mol. The van der Waals surface area contributed by atoms with Crippen LogP contribution in [0.4, 0.5) is 0 Å². The smallest absolute Gasteiger partial charge is 0.240 e. The number of nitrogens with zero attached hydrogens (tertiary/aromatic N) is 1. The molecule has 4 rings (SSSR count). The third kappa shape index (κ3) is 7.43. The van der Waals surface area contributed by atoms with E-state index in [1.165, 1.54) is 18.4 Å². The Kier molecular flexibility index (Phi) is 9.95. The normalized spacial score (nSPS) is 22.1. The van der Waals surface area contributed by atoms with Crippen LogP contribution in [-0.4, -0.2) is 65.2 Å². The summed E-state index contributed by atoms with van der Waals surface area (Å²) in [6, 6.07) is 15.3. The fraction of sp³-hybridized carbons (Fsp3) is 0.516. The SMILES string of the molecule is CCCCCNCCNC(=O)C1C(CO)C(C2(O)CC2)ON1Cc1ccc(C#Cc2ccc(C)cc2)cc1. The average molecular weight is 520 g/mol. The van der Waals surface area contributed by atoms with E-state index in [0.29, 0.717) is 32.5 Å². The Hall–Kier alpha value is -2.73. The Bertz CT molecular complexity index is 1100. The number of hydroxylamine groups is 2. The highest BCUT2D eigenvalue weighted by Gasteiger charge is 2.60. The van der Waals surface area contributed by atoms with Crippen molar-refractivity contribution in [3.05, 3.63) is 70.8 Å². The molecule has 3 unspecified atom stereocenters. The van der Waals surface area contributed by atoms with Crippen molar-refractivity contribution in [2.75, 3.05) is 26.2 Å². The molecule has 1 amide bonds. The molecule has 0 spiro atoms. The Morgan fingerprint density at radius 3 is 2.29 bits per heavy atom. The molecule has 2 aromatic carbocycles. The summed E-state index contributed by atoms with van der Waals surface area (Å²) in [5, 5.41) is 29.0. The topological polar surface area (TPSA) is 94.1 Å². The van der Waals surface area contributed by atoms with E-state index in [1.54, 1.807) is 5.06 Å². The van der Waals surface area contributed by atoms with Gasteiger partial charge in [0.05, 0.1) is 18.8 Å². The molecule has 0 aromatic heterocycles. The van der Waals surface area contributed by atoms with Gasteiger partial charge in [-0.25, -0.2) is 0 Å². The Morgan fingerprint density at radius 2 is 1.68 bits per heavy atom. The molecule has 7 heteroatoms. The molecule has 2 aliphatic rings. The van der Waals surface area contributed by atoms with E-state index in [-0.39, 0.29) is 12.5 Å². The number of benzene rings is 2. The number of rotatable bonds is 12. The van der Waals surface area contributed by atoms with Crippen LogP contribution in [0.15, 0.2) is 48.5 Å². The molecule has 2 aromatic rings. The van der Waals surface area contributed by atoms with Crippen molar-refractivity contribution in [1.29, 1.82) is 0 Å². The first-order valence-corrected chi connectivity index (χ1v) is 13.9. The maximum absolute atomic E-state index is 13.3.